The molecule has 2 aliphatic rings. The van der Waals surface area contributed by atoms with Gasteiger partial charge in [0.2, 0.25) is 5.91 Å². The molecule has 0 unspecified atom stereocenters. The van der Waals surface area contributed by atoms with Gasteiger partial charge in [0, 0.05) is 10.6 Å². The van der Waals surface area contributed by atoms with Crippen molar-refractivity contribution >= 4 is 40.4 Å². The van der Waals surface area contributed by atoms with Crippen molar-refractivity contribution in [2.45, 2.75) is 29.8 Å². The lowest BCUT2D eigenvalue weighted by Gasteiger charge is -2.27. The lowest BCUT2D eigenvalue weighted by molar-refractivity contribution is -0.135. The van der Waals surface area contributed by atoms with E-state index >= 15 is 0 Å². The first-order valence-electron chi connectivity index (χ1n) is 10.7. The summed E-state index contributed by atoms with van der Waals surface area (Å²) in [6.07, 6.45) is 0.641. The van der Waals surface area contributed by atoms with E-state index in [0.717, 1.165) is 31.9 Å². The minimum absolute atomic E-state index is 0.364. The van der Waals surface area contributed by atoms with Crippen molar-refractivity contribution in [3.63, 3.8) is 0 Å². The van der Waals surface area contributed by atoms with Gasteiger partial charge in [-0.2, -0.15) is 0 Å². The maximum atomic E-state index is 13.8. The van der Waals surface area contributed by atoms with E-state index in [0.29, 0.717) is 12.0 Å². The van der Waals surface area contributed by atoms with E-state index in [2.05, 4.69) is 10.6 Å². The van der Waals surface area contributed by atoms with Crippen LogP contribution in [-0.2, 0) is 15.1 Å². The number of nitrogens with zero attached hydrogens (tertiary/aromatic N) is 1. The van der Waals surface area contributed by atoms with Crippen molar-refractivity contribution in [2.75, 3.05) is 12.3 Å². The fourth-order valence-corrected chi connectivity index (χ4v) is 5.54. The summed E-state index contributed by atoms with van der Waals surface area (Å²) in [5.74, 6) is -0.528. The smallest absolute Gasteiger partial charge is 0.325 e. The summed E-state index contributed by atoms with van der Waals surface area (Å²) in [6.45, 7) is 1.24. The average Bonchev–Trinajstić information content (AvgIpc) is 3.03. The Hall–Kier alpha value is -3.39. The van der Waals surface area contributed by atoms with Gasteiger partial charge in [0.25, 0.3) is 5.91 Å². The van der Waals surface area contributed by atoms with Crippen LogP contribution in [-0.4, -0.2) is 35.0 Å². The predicted octanol–water partition coefficient (Wildman–Crippen LogP) is 4.10. The zero-order valence-corrected chi connectivity index (χ0v) is 18.7. The van der Waals surface area contributed by atoms with Crippen molar-refractivity contribution < 1.29 is 18.8 Å². The van der Waals surface area contributed by atoms with Gasteiger partial charge >= 0.3 is 6.03 Å². The highest BCUT2D eigenvalue weighted by Crippen LogP contribution is 2.36. The third-order valence-electron chi connectivity index (χ3n) is 6.25. The lowest BCUT2D eigenvalue weighted by Crippen LogP contribution is -2.44. The molecule has 1 saturated heterocycles. The second-order valence-electron chi connectivity index (χ2n) is 8.45. The van der Waals surface area contributed by atoms with E-state index in [-0.39, 0.29) is 11.9 Å². The Bertz CT molecular complexity index is 1300. The van der Waals surface area contributed by atoms with Gasteiger partial charge in [-0.25, -0.2) is 9.18 Å². The molecular formula is C25H22FN3O3S. The van der Waals surface area contributed by atoms with Gasteiger partial charge in [-0.15, -0.1) is 11.8 Å². The summed E-state index contributed by atoms with van der Waals surface area (Å²) in [5.41, 5.74) is 0.104. The Morgan fingerprint density at radius 2 is 1.94 bits per heavy atom. The monoisotopic (exact) mass is 463 g/mol. The Morgan fingerprint density at radius 3 is 2.76 bits per heavy atom. The molecule has 2 atom stereocenters. The summed E-state index contributed by atoms with van der Waals surface area (Å²) in [6, 6.07) is 16.9. The summed E-state index contributed by atoms with van der Waals surface area (Å²) in [5, 5.41) is 7.60. The Balaban J connectivity index is 1.33. The minimum atomic E-state index is -1.27. The number of rotatable bonds is 4. The van der Waals surface area contributed by atoms with Gasteiger partial charge in [-0.05, 0) is 59.5 Å². The third kappa shape index (κ3) is 3.84. The van der Waals surface area contributed by atoms with Crippen molar-refractivity contribution in [3.8, 4) is 0 Å². The zero-order chi connectivity index (χ0) is 23.2. The molecule has 0 bridgehead atoms. The van der Waals surface area contributed by atoms with Crippen molar-refractivity contribution in [1.29, 1.82) is 0 Å². The molecular weight excluding hydrogens is 441 g/mol. The highest BCUT2D eigenvalue weighted by Gasteiger charge is 2.49. The number of benzene rings is 3. The summed E-state index contributed by atoms with van der Waals surface area (Å²) < 4.78 is 13.8. The summed E-state index contributed by atoms with van der Waals surface area (Å²) >= 11 is 1.61. The Labute approximate surface area is 194 Å². The summed E-state index contributed by atoms with van der Waals surface area (Å²) in [7, 11) is 0. The average molecular weight is 464 g/mol. The zero-order valence-electron chi connectivity index (χ0n) is 17.9. The van der Waals surface area contributed by atoms with Crippen LogP contribution in [0, 0.1) is 5.82 Å². The van der Waals surface area contributed by atoms with E-state index in [1.807, 2.05) is 42.5 Å². The molecule has 3 aromatic rings. The SMILES string of the molecule is C[C@@]1(c2ccc3ccccc3c2)NC(=O)N(CC(=O)N[C@@H]2CCSc3ccc(F)cc32)C1=O. The van der Waals surface area contributed by atoms with Crippen molar-refractivity contribution in [2.24, 2.45) is 0 Å². The van der Waals surface area contributed by atoms with Crippen LogP contribution in [0.1, 0.15) is 30.5 Å². The number of halogens is 1. The molecule has 4 amide bonds. The second-order valence-corrected chi connectivity index (χ2v) is 9.58. The van der Waals surface area contributed by atoms with Crippen LogP contribution in [0.15, 0.2) is 65.6 Å². The highest BCUT2D eigenvalue weighted by molar-refractivity contribution is 7.99. The van der Waals surface area contributed by atoms with E-state index < -0.39 is 29.9 Å². The number of carbonyl (C=O) groups excluding carboxylic acids is 3. The quantitative estimate of drug-likeness (QED) is 0.571. The molecule has 0 spiro atoms. The highest BCUT2D eigenvalue weighted by atomic mass is 32.2. The summed E-state index contributed by atoms with van der Waals surface area (Å²) in [4.78, 5) is 40.6. The first-order valence-corrected chi connectivity index (χ1v) is 11.7. The first kappa shape index (κ1) is 21.5. The molecule has 2 heterocycles. The number of amides is 4. The van der Waals surface area contributed by atoms with Crippen molar-refractivity contribution in [3.05, 3.63) is 77.6 Å². The molecule has 8 heteroatoms. The van der Waals surface area contributed by atoms with Gasteiger partial charge < -0.3 is 10.6 Å². The topological polar surface area (TPSA) is 78.5 Å². The fraction of sp³-hybridized carbons (Fsp3) is 0.240. The van der Waals surface area contributed by atoms with Gasteiger partial charge in [-0.3, -0.25) is 14.5 Å². The maximum Gasteiger partial charge on any atom is 0.325 e. The standard InChI is InChI=1S/C25H22FN3O3S/c1-25(17-7-6-15-4-2-3-5-16(15)12-17)23(31)29(24(32)28-25)14-22(30)27-20-10-11-33-21-9-8-18(26)13-19(20)21/h2-9,12-13,20H,10-11,14H2,1H3,(H,27,30)(H,28,32)/t20-,25+/m1/s1. The van der Waals surface area contributed by atoms with E-state index in [9.17, 15) is 18.8 Å². The normalized spacial score (nSPS) is 22.2. The van der Waals surface area contributed by atoms with E-state index in [4.69, 9.17) is 0 Å². The van der Waals surface area contributed by atoms with E-state index in [1.165, 1.54) is 12.1 Å². The van der Waals surface area contributed by atoms with Crippen molar-refractivity contribution in [1.82, 2.24) is 15.5 Å². The molecule has 5 rings (SSSR count). The van der Waals surface area contributed by atoms with Gasteiger partial charge in [-0.1, -0.05) is 36.4 Å². The van der Waals surface area contributed by atoms with Crippen LogP contribution in [0.5, 0.6) is 0 Å². The molecule has 1 fully saturated rings. The number of hydrogen-bond acceptors (Lipinski definition) is 4. The van der Waals surface area contributed by atoms with Gasteiger partial charge in [0.05, 0.1) is 6.04 Å². The Kier molecular flexibility index (Phi) is 5.32. The maximum absolute atomic E-state index is 13.8. The lowest BCUT2D eigenvalue weighted by atomic mass is 9.90. The molecule has 0 aromatic heterocycles. The molecule has 3 aromatic carbocycles. The minimum Gasteiger partial charge on any atom is -0.348 e. The number of fused-ring (bicyclic) bond motifs is 2. The van der Waals surface area contributed by atoms with E-state index in [1.54, 1.807) is 24.8 Å². The third-order valence-corrected chi connectivity index (χ3v) is 7.37. The molecule has 6 nitrogen and oxygen atoms in total. The molecule has 168 valence electrons. The van der Waals surface area contributed by atoms with Crippen LogP contribution in [0.4, 0.5) is 9.18 Å². The van der Waals surface area contributed by atoms with Crippen LogP contribution < -0.4 is 10.6 Å². The first-order chi connectivity index (χ1) is 15.8. The Morgan fingerprint density at radius 1 is 1.15 bits per heavy atom. The van der Waals surface area contributed by atoms with Crippen LogP contribution >= 0.6 is 11.8 Å². The number of imide groups is 1. The molecule has 0 saturated carbocycles. The molecule has 2 N–H and O–H groups in total. The van der Waals surface area contributed by atoms with Crippen LogP contribution in [0.2, 0.25) is 0 Å². The molecule has 2 aliphatic heterocycles. The number of hydrogen-bond donors (Lipinski definition) is 2. The number of urea groups is 1. The molecule has 0 aliphatic carbocycles. The fourth-order valence-electron chi connectivity index (χ4n) is 4.44. The predicted molar refractivity (Wildman–Crippen MR) is 124 cm³/mol. The van der Waals surface area contributed by atoms with Gasteiger partial charge in [0.1, 0.15) is 17.9 Å². The van der Waals surface area contributed by atoms with Crippen LogP contribution in [0.3, 0.4) is 0 Å². The largest absolute Gasteiger partial charge is 0.348 e. The molecule has 0 radical (unpaired) electrons. The van der Waals surface area contributed by atoms with Crippen LogP contribution in [0.25, 0.3) is 10.8 Å². The van der Waals surface area contributed by atoms with Gasteiger partial charge in [0.15, 0.2) is 0 Å². The second kappa shape index (κ2) is 8.19. The molecule has 33 heavy (non-hydrogen) atoms. The number of thioether (sulfide) groups is 1. The number of nitrogens with one attached hydrogen (secondary N) is 2. The number of carbonyl (C=O) groups is 3.